The summed E-state index contributed by atoms with van der Waals surface area (Å²) in [6.07, 6.45) is 5.65. The Morgan fingerprint density at radius 1 is 1.29 bits per heavy atom. The van der Waals surface area contributed by atoms with Gasteiger partial charge in [0.25, 0.3) is 5.88 Å². The van der Waals surface area contributed by atoms with E-state index in [9.17, 15) is 0 Å². The van der Waals surface area contributed by atoms with Crippen LogP contribution in [0.1, 0.15) is 68.7 Å². The minimum atomic E-state index is -0.257. The molecule has 0 amide bonds. The van der Waals surface area contributed by atoms with Crippen molar-refractivity contribution in [1.29, 1.82) is 5.26 Å². The zero-order valence-corrected chi connectivity index (χ0v) is 14.3. The number of nitrogens with zero attached hydrogens (tertiary/aromatic N) is 3. The van der Waals surface area contributed by atoms with Gasteiger partial charge in [-0.2, -0.15) is 15.3 Å². The van der Waals surface area contributed by atoms with Gasteiger partial charge < -0.3 is 4.42 Å². The number of nitriles is 1. The van der Waals surface area contributed by atoms with Gasteiger partial charge in [-0.3, -0.25) is 0 Å². The number of oxazole rings is 1. The van der Waals surface area contributed by atoms with Crippen LogP contribution in [0.4, 0.5) is 5.88 Å². The second-order valence-corrected chi connectivity index (χ2v) is 7.22. The molecule has 1 fully saturated rings. The molecule has 5 heteroatoms. The Labute approximate surface area is 142 Å². The van der Waals surface area contributed by atoms with Crippen LogP contribution in [0.15, 0.2) is 33.8 Å². The summed E-state index contributed by atoms with van der Waals surface area (Å²) in [5, 5.41) is 13.3. The summed E-state index contributed by atoms with van der Waals surface area (Å²) in [4.78, 5) is 4.21. The van der Waals surface area contributed by atoms with Crippen molar-refractivity contribution >= 4 is 12.1 Å². The van der Waals surface area contributed by atoms with Crippen LogP contribution in [0.25, 0.3) is 0 Å². The Balaban J connectivity index is 1.67. The van der Waals surface area contributed by atoms with Crippen LogP contribution in [0.2, 0.25) is 0 Å². The van der Waals surface area contributed by atoms with E-state index in [1.54, 1.807) is 6.21 Å². The first-order valence-corrected chi connectivity index (χ1v) is 8.28. The minimum Gasteiger partial charge on any atom is -0.421 e. The van der Waals surface area contributed by atoms with Gasteiger partial charge in [0.2, 0.25) is 11.6 Å². The van der Waals surface area contributed by atoms with E-state index in [1.807, 2.05) is 26.8 Å². The number of hydrazone groups is 1. The number of anilines is 1. The van der Waals surface area contributed by atoms with Crippen LogP contribution in [-0.2, 0) is 5.41 Å². The average molecular weight is 322 g/mol. The average Bonchev–Trinajstić information content (AvgIpc) is 2.91. The highest BCUT2D eigenvalue weighted by Crippen LogP contribution is 2.36. The summed E-state index contributed by atoms with van der Waals surface area (Å²) < 4.78 is 5.62. The third-order valence-corrected chi connectivity index (χ3v) is 4.27. The normalized spacial score (nSPS) is 15.2. The third kappa shape index (κ3) is 3.48. The monoisotopic (exact) mass is 322 g/mol. The van der Waals surface area contributed by atoms with Gasteiger partial charge in [-0.25, -0.2) is 5.43 Å². The number of rotatable bonds is 4. The first-order chi connectivity index (χ1) is 11.5. The smallest absolute Gasteiger partial charge is 0.252 e. The molecule has 1 heterocycles. The van der Waals surface area contributed by atoms with Crippen molar-refractivity contribution in [1.82, 2.24) is 4.98 Å². The molecule has 24 heavy (non-hydrogen) atoms. The largest absolute Gasteiger partial charge is 0.421 e. The fraction of sp³-hybridized carbons (Fsp3) is 0.421. The van der Waals surface area contributed by atoms with Crippen molar-refractivity contribution in [3.05, 3.63) is 47.0 Å². The van der Waals surface area contributed by atoms with E-state index in [1.165, 1.54) is 24.8 Å². The van der Waals surface area contributed by atoms with Crippen molar-refractivity contribution in [2.45, 2.75) is 51.4 Å². The summed E-state index contributed by atoms with van der Waals surface area (Å²) in [6, 6.07) is 10.5. The second-order valence-electron chi connectivity index (χ2n) is 7.22. The predicted octanol–water partition coefficient (Wildman–Crippen LogP) is 4.56. The highest BCUT2D eigenvalue weighted by Gasteiger charge is 2.23. The third-order valence-electron chi connectivity index (χ3n) is 4.27. The van der Waals surface area contributed by atoms with Crippen LogP contribution in [0, 0.1) is 11.3 Å². The maximum atomic E-state index is 9.16. The number of benzene rings is 1. The summed E-state index contributed by atoms with van der Waals surface area (Å²) in [5.41, 5.74) is 5.15. The molecule has 1 aliphatic carbocycles. The summed E-state index contributed by atoms with van der Waals surface area (Å²) in [6.45, 7) is 5.95. The van der Waals surface area contributed by atoms with Gasteiger partial charge >= 0.3 is 0 Å². The lowest BCUT2D eigenvalue weighted by Gasteiger charge is -2.25. The molecule has 0 atom stereocenters. The summed E-state index contributed by atoms with van der Waals surface area (Å²) >= 11 is 0. The van der Waals surface area contributed by atoms with E-state index in [2.05, 4.69) is 39.8 Å². The van der Waals surface area contributed by atoms with Crippen molar-refractivity contribution in [2.24, 2.45) is 5.10 Å². The van der Waals surface area contributed by atoms with E-state index >= 15 is 0 Å². The van der Waals surface area contributed by atoms with Crippen LogP contribution >= 0.6 is 0 Å². The van der Waals surface area contributed by atoms with Crippen LogP contribution in [0.5, 0.6) is 0 Å². The van der Waals surface area contributed by atoms with Gasteiger partial charge in [0, 0.05) is 5.41 Å². The Morgan fingerprint density at radius 2 is 2.00 bits per heavy atom. The van der Waals surface area contributed by atoms with Gasteiger partial charge in [-0.05, 0) is 29.9 Å². The van der Waals surface area contributed by atoms with Crippen LogP contribution < -0.4 is 5.43 Å². The van der Waals surface area contributed by atoms with E-state index in [4.69, 9.17) is 9.68 Å². The molecule has 1 N–H and O–H groups in total. The quantitative estimate of drug-likeness (QED) is 0.661. The molecule has 0 spiro atoms. The van der Waals surface area contributed by atoms with Crippen molar-refractivity contribution < 1.29 is 4.42 Å². The van der Waals surface area contributed by atoms with E-state index in [0.717, 1.165) is 11.5 Å². The Morgan fingerprint density at radius 3 is 2.54 bits per heavy atom. The molecule has 5 nitrogen and oxygen atoms in total. The molecular weight excluding hydrogens is 300 g/mol. The lowest BCUT2D eigenvalue weighted by atomic mass is 9.80. The van der Waals surface area contributed by atoms with Gasteiger partial charge in [0.1, 0.15) is 6.07 Å². The molecule has 2 aromatic rings. The fourth-order valence-corrected chi connectivity index (χ4v) is 2.55. The molecule has 0 saturated heterocycles. The molecule has 1 saturated carbocycles. The Bertz CT molecular complexity index is 771. The van der Waals surface area contributed by atoms with E-state index in [-0.39, 0.29) is 17.0 Å². The molecule has 0 aliphatic heterocycles. The molecular formula is C19H22N4O. The maximum absolute atomic E-state index is 9.16. The zero-order chi connectivity index (χ0) is 17.2. The van der Waals surface area contributed by atoms with E-state index in [0.29, 0.717) is 5.89 Å². The molecule has 3 rings (SSSR count). The standard InChI is InChI=1S/C19H22N4O/c1-19(2,3)18-22-16(11-20)17(24-18)23-21-12-13-7-9-15(10-8-13)14-5-4-6-14/h7-10,12,14,23H,4-6H2,1-3H3. The zero-order valence-electron chi connectivity index (χ0n) is 14.3. The number of hydrogen-bond acceptors (Lipinski definition) is 5. The van der Waals surface area contributed by atoms with Crippen molar-refractivity contribution in [3.63, 3.8) is 0 Å². The number of aromatic nitrogens is 1. The van der Waals surface area contributed by atoms with Gasteiger partial charge in [-0.1, -0.05) is 51.5 Å². The number of hydrogen-bond donors (Lipinski definition) is 1. The van der Waals surface area contributed by atoms with Gasteiger partial charge in [0.15, 0.2) is 0 Å². The molecule has 0 unspecified atom stereocenters. The van der Waals surface area contributed by atoms with Crippen molar-refractivity contribution in [2.75, 3.05) is 5.43 Å². The summed E-state index contributed by atoms with van der Waals surface area (Å²) in [5.74, 6) is 1.53. The highest BCUT2D eigenvalue weighted by atomic mass is 16.4. The molecule has 0 radical (unpaired) electrons. The van der Waals surface area contributed by atoms with Gasteiger partial charge in [0.05, 0.1) is 6.21 Å². The van der Waals surface area contributed by atoms with Crippen LogP contribution in [0.3, 0.4) is 0 Å². The first-order valence-electron chi connectivity index (χ1n) is 8.28. The molecule has 1 aliphatic rings. The number of nitrogens with one attached hydrogen (secondary N) is 1. The minimum absolute atomic E-state index is 0.220. The fourth-order valence-electron chi connectivity index (χ4n) is 2.55. The second kappa shape index (κ2) is 6.48. The molecule has 1 aromatic heterocycles. The molecule has 1 aromatic carbocycles. The van der Waals surface area contributed by atoms with Crippen LogP contribution in [-0.4, -0.2) is 11.2 Å². The molecule has 124 valence electrons. The van der Waals surface area contributed by atoms with Crippen molar-refractivity contribution in [3.8, 4) is 6.07 Å². The first kappa shape index (κ1) is 16.3. The maximum Gasteiger partial charge on any atom is 0.252 e. The SMILES string of the molecule is CC(C)(C)c1nc(C#N)c(NN=Cc2ccc(C3CCC3)cc2)o1. The predicted molar refractivity (Wildman–Crippen MR) is 94.2 cm³/mol. The lowest BCUT2D eigenvalue weighted by Crippen LogP contribution is -2.11. The Hall–Kier alpha value is -2.61. The van der Waals surface area contributed by atoms with Gasteiger partial charge in [-0.15, -0.1) is 0 Å². The topological polar surface area (TPSA) is 74.2 Å². The summed E-state index contributed by atoms with van der Waals surface area (Å²) in [7, 11) is 0. The Kier molecular flexibility index (Phi) is 4.39. The lowest BCUT2D eigenvalue weighted by molar-refractivity contribution is 0.399. The van der Waals surface area contributed by atoms with E-state index < -0.39 is 0 Å². The molecule has 0 bridgehead atoms. The highest BCUT2D eigenvalue weighted by molar-refractivity contribution is 5.80.